The third kappa shape index (κ3) is 6.09. The summed E-state index contributed by atoms with van der Waals surface area (Å²) in [5.41, 5.74) is 2.35. The summed E-state index contributed by atoms with van der Waals surface area (Å²) in [6.45, 7) is 4.44. The number of para-hydroxylation sites is 3. The maximum Gasteiger partial charge on any atom is 0.326 e. The number of amides is 1. The third-order valence-electron chi connectivity index (χ3n) is 5.10. The number of nitrogens with zero attached hydrogens (tertiary/aromatic N) is 2. The number of hydrogen-bond acceptors (Lipinski definition) is 5. The number of esters is 1. The summed E-state index contributed by atoms with van der Waals surface area (Å²) in [7, 11) is 1.56. The molecule has 1 amide bonds. The maximum atomic E-state index is 12.4. The van der Waals surface area contributed by atoms with Gasteiger partial charge in [0.05, 0.1) is 29.8 Å². The number of methoxy groups -OCH3 is 1. The van der Waals surface area contributed by atoms with E-state index in [-0.39, 0.29) is 24.5 Å². The largest absolute Gasteiger partial charge is 0.496 e. The van der Waals surface area contributed by atoms with E-state index < -0.39 is 0 Å². The molecule has 0 saturated carbocycles. The van der Waals surface area contributed by atoms with Gasteiger partial charge in [-0.15, -0.1) is 0 Å². The van der Waals surface area contributed by atoms with E-state index in [9.17, 15) is 9.59 Å². The van der Waals surface area contributed by atoms with Crippen LogP contribution in [0, 0.1) is 0 Å². The SMILES string of the molecule is COc1ccccc1C(=O)NCCCCCc1nc2ccccc2n1CC(=O)OC(C)C. The van der Waals surface area contributed by atoms with E-state index >= 15 is 0 Å². The first kappa shape index (κ1) is 23.3. The number of unbranched alkanes of at least 4 members (excludes halogenated alkanes) is 2. The van der Waals surface area contributed by atoms with E-state index in [0.717, 1.165) is 42.5 Å². The number of benzene rings is 2. The summed E-state index contributed by atoms with van der Waals surface area (Å²) >= 11 is 0. The molecule has 1 N–H and O–H groups in total. The van der Waals surface area contributed by atoms with Crippen molar-refractivity contribution in [2.75, 3.05) is 13.7 Å². The molecule has 0 aliphatic rings. The van der Waals surface area contributed by atoms with Gasteiger partial charge in [-0.1, -0.05) is 30.7 Å². The number of hydrogen-bond donors (Lipinski definition) is 1. The van der Waals surface area contributed by atoms with Crippen molar-refractivity contribution in [3.8, 4) is 5.75 Å². The van der Waals surface area contributed by atoms with Crippen LogP contribution in [-0.2, 0) is 22.5 Å². The molecule has 0 saturated heterocycles. The van der Waals surface area contributed by atoms with Crippen LogP contribution < -0.4 is 10.1 Å². The highest BCUT2D eigenvalue weighted by Gasteiger charge is 2.15. The van der Waals surface area contributed by atoms with Crippen molar-refractivity contribution in [3.05, 3.63) is 59.9 Å². The molecule has 0 fully saturated rings. The van der Waals surface area contributed by atoms with Crippen LogP contribution in [0.5, 0.6) is 5.75 Å². The number of nitrogens with one attached hydrogen (secondary N) is 1. The van der Waals surface area contributed by atoms with Crippen LogP contribution in [0.3, 0.4) is 0 Å². The molecule has 0 spiro atoms. The Labute approximate surface area is 188 Å². The highest BCUT2D eigenvalue weighted by atomic mass is 16.5. The number of aryl methyl sites for hydroxylation is 1. The highest BCUT2D eigenvalue weighted by Crippen LogP contribution is 2.19. The zero-order chi connectivity index (χ0) is 22.9. The van der Waals surface area contributed by atoms with Gasteiger partial charge in [0.2, 0.25) is 0 Å². The molecule has 7 heteroatoms. The van der Waals surface area contributed by atoms with Gasteiger partial charge < -0.3 is 19.4 Å². The summed E-state index contributed by atoms with van der Waals surface area (Å²) in [5, 5.41) is 2.95. The van der Waals surface area contributed by atoms with Crippen molar-refractivity contribution < 1.29 is 19.1 Å². The molecule has 3 rings (SSSR count). The molecule has 2 aromatic carbocycles. The Morgan fingerprint density at radius 2 is 1.78 bits per heavy atom. The lowest BCUT2D eigenvalue weighted by molar-refractivity contribution is -0.148. The van der Waals surface area contributed by atoms with E-state index in [0.29, 0.717) is 17.9 Å². The highest BCUT2D eigenvalue weighted by molar-refractivity contribution is 5.96. The van der Waals surface area contributed by atoms with Gasteiger partial charge >= 0.3 is 5.97 Å². The Hall–Kier alpha value is -3.35. The van der Waals surface area contributed by atoms with Gasteiger partial charge in [0.1, 0.15) is 18.1 Å². The molecule has 170 valence electrons. The van der Waals surface area contributed by atoms with Crippen molar-refractivity contribution in [1.29, 1.82) is 0 Å². The molecule has 7 nitrogen and oxygen atoms in total. The van der Waals surface area contributed by atoms with Gasteiger partial charge in [-0.25, -0.2) is 4.98 Å². The first-order chi connectivity index (χ1) is 15.5. The second kappa shape index (κ2) is 11.3. The van der Waals surface area contributed by atoms with Crippen molar-refractivity contribution in [3.63, 3.8) is 0 Å². The second-order valence-electron chi connectivity index (χ2n) is 7.91. The van der Waals surface area contributed by atoms with Crippen LogP contribution >= 0.6 is 0 Å². The van der Waals surface area contributed by atoms with Crippen LogP contribution in [0.25, 0.3) is 11.0 Å². The first-order valence-corrected chi connectivity index (χ1v) is 11.0. The Morgan fingerprint density at radius 3 is 2.56 bits per heavy atom. The fraction of sp³-hybridized carbons (Fsp3) is 0.400. The van der Waals surface area contributed by atoms with Gasteiger partial charge in [-0.3, -0.25) is 9.59 Å². The molecule has 0 aliphatic carbocycles. The van der Waals surface area contributed by atoms with E-state index in [2.05, 4.69) is 5.32 Å². The van der Waals surface area contributed by atoms with E-state index in [4.69, 9.17) is 14.5 Å². The summed E-state index contributed by atoms with van der Waals surface area (Å²) < 4.78 is 12.5. The van der Waals surface area contributed by atoms with Crippen LogP contribution in [0.15, 0.2) is 48.5 Å². The quantitative estimate of drug-likeness (QED) is 0.360. The van der Waals surface area contributed by atoms with Crippen molar-refractivity contribution in [1.82, 2.24) is 14.9 Å². The normalized spacial score (nSPS) is 11.0. The predicted octanol–water partition coefficient (Wildman–Crippen LogP) is 4.14. The Balaban J connectivity index is 1.51. The Bertz CT molecular complexity index is 1060. The minimum atomic E-state index is -0.261. The van der Waals surface area contributed by atoms with Crippen molar-refractivity contribution in [2.45, 2.75) is 52.2 Å². The predicted molar refractivity (Wildman–Crippen MR) is 124 cm³/mol. The fourth-order valence-corrected chi connectivity index (χ4v) is 3.64. The van der Waals surface area contributed by atoms with Crippen LogP contribution in [0.2, 0.25) is 0 Å². The molecular formula is C25H31N3O4. The minimum Gasteiger partial charge on any atom is -0.496 e. The number of carbonyl (C=O) groups excluding carboxylic acids is 2. The van der Waals surface area contributed by atoms with E-state index in [1.165, 1.54) is 0 Å². The van der Waals surface area contributed by atoms with Crippen LogP contribution in [0.1, 0.15) is 49.3 Å². The summed E-state index contributed by atoms with van der Waals surface area (Å²) in [5.74, 6) is 1.06. The summed E-state index contributed by atoms with van der Waals surface area (Å²) in [4.78, 5) is 29.3. The van der Waals surface area contributed by atoms with Gasteiger partial charge in [-0.2, -0.15) is 0 Å². The molecule has 0 unspecified atom stereocenters. The number of rotatable bonds is 11. The second-order valence-corrected chi connectivity index (χ2v) is 7.91. The molecule has 3 aromatic rings. The molecule has 32 heavy (non-hydrogen) atoms. The van der Waals surface area contributed by atoms with Crippen LogP contribution in [0.4, 0.5) is 0 Å². The van der Waals surface area contributed by atoms with Gasteiger partial charge in [0.25, 0.3) is 5.91 Å². The first-order valence-electron chi connectivity index (χ1n) is 11.0. The molecular weight excluding hydrogens is 406 g/mol. The Kier molecular flexibility index (Phi) is 8.25. The molecule has 0 atom stereocenters. The summed E-state index contributed by atoms with van der Waals surface area (Å²) in [6.07, 6.45) is 3.31. The number of fused-ring (bicyclic) bond motifs is 1. The summed E-state index contributed by atoms with van der Waals surface area (Å²) in [6, 6.07) is 15.0. The number of aromatic nitrogens is 2. The number of carbonyl (C=O) groups is 2. The monoisotopic (exact) mass is 437 g/mol. The van der Waals surface area contributed by atoms with E-state index in [1.54, 1.807) is 19.2 Å². The Morgan fingerprint density at radius 1 is 1.03 bits per heavy atom. The molecule has 0 radical (unpaired) electrons. The molecule has 1 aromatic heterocycles. The lowest BCUT2D eigenvalue weighted by Crippen LogP contribution is -2.24. The zero-order valence-electron chi connectivity index (χ0n) is 19.0. The standard InChI is InChI=1S/C25H31N3O4/c1-18(2)32-24(29)17-28-21-13-8-7-12-20(21)27-23(28)15-5-4-10-16-26-25(30)19-11-6-9-14-22(19)31-3/h6-9,11-14,18H,4-5,10,15-17H2,1-3H3,(H,26,30). The molecule has 0 bridgehead atoms. The molecule has 1 heterocycles. The van der Waals surface area contributed by atoms with Crippen LogP contribution in [-0.4, -0.2) is 41.2 Å². The van der Waals surface area contributed by atoms with Gasteiger partial charge in [-0.05, 0) is 51.0 Å². The van der Waals surface area contributed by atoms with Gasteiger partial charge in [0, 0.05) is 13.0 Å². The van der Waals surface area contributed by atoms with Crippen molar-refractivity contribution in [2.24, 2.45) is 0 Å². The zero-order valence-corrected chi connectivity index (χ0v) is 19.0. The lowest BCUT2D eigenvalue weighted by Gasteiger charge is -2.11. The third-order valence-corrected chi connectivity index (χ3v) is 5.10. The number of ether oxygens (including phenoxy) is 2. The van der Waals surface area contributed by atoms with E-state index in [1.807, 2.05) is 54.8 Å². The van der Waals surface area contributed by atoms with Gasteiger partial charge in [0.15, 0.2) is 0 Å². The maximum absolute atomic E-state index is 12.4. The lowest BCUT2D eigenvalue weighted by atomic mass is 10.1. The average molecular weight is 438 g/mol. The van der Waals surface area contributed by atoms with Crippen molar-refractivity contribution >= 4 is 22.9 Å². The average Bonchev–Trinajstić information content (AvgIpc) is 3.12. The number of imidazole rings is 1. The minimum absolute atomic E-state index is 0.132. The fourth-order valence-electron chi connectivity index (χ4n) is 3.64. The molecule has 0 aliphatic heterocycles. The topological polar surface area (TPSA) is 82.5 Å². The smallest absolute Gasteiger partial charge is 0.326 e.